The SMILES string of the molecule is C[C@@H]1CCCN(C[C@@H](O)COc2ccc(F)cc2)C1. The van der Waals surface area contributed by atoms with Gasteiger partial charge >= 0.3 is 0 Å². The third-order valence-corrected chi connectivity index (χ3v) is 3.47. The number of β-amino-alcohol motifs (C(OH)–C–C–N with tert-alkyl or cyclic N) is 1. The molecular weight excluding hydrogens is 245 g/mol. The fraction of sp³-hybridized carbons (Fsp3) is 0.600. The van der Waals surface area contributed by atoms with Gasteiger partial charge in [0.15, 0.2) is 0 Å². The molecule has 1 heterocycles. The van der Waals surface area contributed by atoms with E-state index in [2.05, 4.69) is 11.8 Å². The normalized spacial score (nSPS) is 22.2. The Balaban J connectivity index is 1.72. The zero-order valence-electron chi connectivity index (χ0n) is 11.4. The molecule has 1 fully saturated rings. The number of ether oxygens (including phenoxy) is 1. The predicted octanol–water partition coefficient (Wildman–Crippen LogP) is 2.30. The van der Waals surface area contributed by atoms with E-state index >= 15 is 0 Å². The quantitative estimate of drug-likeness (QED) is 0.888. The van der Waals surface area contributed by atoms with Gasteiger partial charge in [0, 0.05) is 13.1 Å². The van der Waals surface area contributed by atoms with Gasteiger partial charge in [-0.2, -0.15) is 0 Å². The number of hydrogen-bond acceptors (Lipinski definition) is 3. The molecule has 0 spiro atoms. The van der Waals surface area contributed by atoms with E-state index < -0.39 is 6.10 Å². The Morgan fingerprint density at radius 1 is 1.42 bits per heavy atom. The maximum Gasteiger partial charge on any atom is 0.123 e. The van der Waals surface area contributed by atoms with Crippen LogP contribution >= 0.6 is 0 Å². The van der Waals surface area contributed by atoms with Crippen LogP contribution < -0.4 is 4.74 Å². The van der Waals surface area contributed by atoms with Crippen LogP contribution in [0.25, 0.3) is 0 Å². The van der Waals surface area contributed by atoms with Crippen molar-refractivity contribution in [2.45, 2.75) is 25.9 Å². The minimum atomic E-state index is -0.504. The lowest BCUT2D eigenvalue weighted by atomic mass is 10.0. The summed E-state index contributed by atoms with van der Waals surface area (Å²) < 4.78 is 18.2. The van der Waals surface area contributed by atoms with E-state index in [9.17, 15) is 9.50 Å². The first kappa shape index (κ1) is 14.3. The summed E-state index contributed by atoms with van der Waals surface area (Å²) in [5.74, 6) is 1.02. The lowest BCUT2D eigenvalue weighted by Crippen LogP contribution is -2.41. The molecule has 1 aromatic carbocycles. The lowest BCUT2D eigenvalue weighted by molar-refractivity contribution is 0.0537. The molecule has 1 N–H and O–H groups in total. The van der Waals surface area contributed by atoms with Crippen molar-refractivity contribution in [3.63, 3.8) is 0 Å². The first-order chi connectivity index (χ1) is 9.13. The summed E-state index contributed by atoms with van der Waals surface area (Å²) in [5, 5.41) is 9.96. The average Bonchev–Trinajstić information content (AvgIpc) is 2.38. The molecular formula is C15H22FNO2. The Labute approximate surface area is 114 Å². The Hall–Kier alpha value is -1.13. The molecule has 0 saturated carbocycles. The van der Waals surface area contributed by atoms with Crippen LogP contribution in [0, 0.1) is 11.7 Å². The fourth-order valence-electron chi connectivity index (χ4n) is 2.53. The molecule has 0 bridgehead atoms. The van der Waals surface area contributed by atoms with Crippen LogP contribution in [0.4, 0.5) is 4.39 Å². The van der Waals surface area contributed by atoms with E-state index in [-0.39, 0.29) is 12.4 Å². The van der Waals surface area contributed by atoms with Crippen molar-refractivity contribution in [3.05, 3.63) is 30.1 Å². The van der Waals surface area contributed by atoms with Crippen LogP contribution in [0.15, 0.2) is 24.3 Å². The minimum absolute atomic E-state index is 0.247. The zero-order chi connectivity index (χ0) is 13.7. The van der Waals surface area contributed by atoms with Gasteiger partial charge in [-0.3, -0.25) is 0 Å². The lowest BCUT2D eigenvalue weighted by Gasteiger charge is -2.32. The average molecular weight is 267 g/mol. The Kier molecular flexibility index (Phi) is 5.16. The summed E-state index contributed by atoms with van der Waals surface area (Å²) in [6.45, 7) is 5.24. The van der Waals surface area contributed by atoms with Crippen LogP contribution in [0.5, 0.6) is 5.75 Å². The second-order valence-corrected chi connectivity index (χ2v) is 5.43. The topological polar surface area (TPSA) is 32.7 Å². The molecule has 1 aliphatic rings. The zero-order valence-corrected chi connectivity index (χ0v) is 11.4. The van der Waals surface area contributed by atoms with Gasteiger partial charge in [0.2, 0.25) is 0 Å². The number of piperidine rings is 1. The van der Waals surface area contributed by atoms with E-state index in [1.165, 1.54) is 25.0 Å². The first-order valence-electron chi connectivity index (χ1n) is 6.92. The number of likely N-dealkylation sites (tertiary alicyclic amines) is 1. The molecule has 1 aromatic rings. The summed E-state index contributed by atoms with van der Waals surface area (Å²) in [5.41, 5.74) is 0. The van der Waals surface area contributed by atoms with Gasteiger partial charge in [-0.05, 0) is 49.6 Å². The Morgan fingerprint density at radius 3 is 2.84 bits per heavy atom. The smallest absolute Gasteiger partial charge is 0.123 e. The number of nitrogens with zero attached hydrogens (tertiary/aromatic N) is 1. The van der Waals surface area contributed by atoms with Crippen molar-refractivity contribution >= 4 is 0 Å². The van der Waals surface area contributed by atoms with Crippen molar-refractivity contribution in [2.75, 3.05) is 26.2 Å². The summed E-state index contributed by atoms with van der Waals surface area (Å²) in [4.78, 5) is 2.28. The Morgan fingerprint density at radius 2 is 2.16 bits per heavy atom. The molecule has 1 aliphatic heterocycles. The highest BCUT2D eigenvalue weighted by Gasteiger charge is 2.19. The molecule has 2 atom stereocenters. The highest BCUT2D eigenvalue weighted by atomic mass is 19.1. The van der Waals surface area contributed by atoms with E-state index in [1.54, 1.807) is 12.1 Å². The van der Waals surface area contributed by atoms with Crippen LogP contribution in [-0.2, 0) is 0 Å². The molecule has 0 aliphatic carbocycles. The molecule has 1 saturated heterocycles. The number of aliphatic hydroxyl groups is 1. The molecule has 2 rings (SSSR count). The second kappa shape index (κ2) is 6.87. The third kappa shape index (κ3) is 4.80. The number of benzene rings is 1. The van der Waals surface area contributed by atoms with Crippen molar-refractivity contribution < 1.29 is 14.2 Å². The maximum atomic E-state index is 12.7. The van der Waals surface area contributed by atoms with Gasteiger partial charge in [-0.1, -0.05) is 6.92 Å². The number of hydrogen-bond donors (Lipinski definition) is 1. The van der Waals surface area contributed by atoms with Gasteiger partial charge in [-0.15, -0.1) is 0 Å². The largest absolute Gasteiger partial charge is 0.491 e. The van der Waals surface area contributed by atoms with Crippen LogP contribution in [-0.4, -0.2) is 42.4 Å². The molecule has 0 amide bonds. The molecule has 106 valence electrons. The summed E-state index contributed by atoms with van der Waals surface area (Å²) in [6, 6.07) is 5.86. The number of rotatable bonds is 5. The van der Waals surface area contributed by atoms with Gasteiger partial charge in [0.1, 0.15) is 24.3 Å². The van der Waals surface area contributed by atoms with E-state index in [4.69, 9.17) is 4.74 Å². The summed E-state index contributed by atoms with van der Waals surface area (Å²) >= 11 is 0. The van der Waals surface area contributed by atoms with Gasteiger partial charge in [-0.25, -0.2) is 4.39 Å². The Bertz CT molecular complexity index is 382. The number of aliphatic hydroxyl groups excluding tert-OH is 1. The highest BCUT2D eigenvalue weighted by molar-refractivity contribution is 5.22. The molecule has 4 heteroatoms. The van der Waals surface area contributed by atoms with Crippen LogP contribution in [0.1, 0.15) is 19.8 Å². The molecule has 3 nitrogen and oxygen atoms in total. The van der Waals surface area contributed by atoms with Gasteiger partial charge in [0.25, 0.3) is 0 Å². The van der Waals surface area contributed by atoms with Crippen molar-refractivity contribution in [1.82, 2.24) is 4.90 Å². The van der Waals surface area contributed by atoms with Crippen molar-refractivity contribution in [2.24, 2.45) is 5.92 Å². The molecule has 0 radical (unpaired) electrons. The van der Waals surface area contributed by atoms with Crippen molar-refractivity contribution in [1.29, 1.82) is 0 Å². The number of halogens is 1. The van der Waals surface area contributed by atoms with Crippen LogP contribution in [0.3, 0.4) is 0 Å². The van der Waals surface area contributed by atoms with E-state index in [0.29, 0.717) is 18.2 Å². The van der Waals surface area contributed by atoms with Crippen LogP contribution in [0.2, 0.25) is 0 Å². The predicted molar refractivity (Wildman–Crippen MR) is 72.7 cm³/mol. The summed E-state index contributed by atoms with van der Waals surface area (Å²) in [6.07, 6.45) is 1.97. The monoisotopic (exact) mass is 267 g/mol. The minimum Gasteiger partial charge on any atom is -0.491 e. The standard InChI is InChI=1S/C15H22FNO2/c1-12-3-2-8-17(9-12)10-14(18)11-19-15-6-4-13(16)5-7-15/h4-7,12,14,18H,2-3,8-11H2,1H3/t12-,14-/m1/s1. The fourth-order valence-corrected chi connectivity index (χ4v) is 2.53. The highest BCUT2D eigenvalue weighted by Crippen LogP contribution is 2.16. The van der Waals surface area contributed by atoms with Crippen molar-refractivity contribution in [3.8, 4) is 5.75 Å². The maximum absolute atomic E-state index is 12.7. The van der Waals surface area contributed by atoms with Gasteiger partial charge in [0.05, 0.1) is 0 Å². The third-order valence-electron chi connectivity index (χ3n) is 3.47. The molecule has 0 unspecified atom stereocenters. The van der Waals surface area contributed by atoms with Gasteiger partial charge < -0.3 is 14.7 Å². The van der Waals surface area contributed by atoms with E-state index in [0.717, 1.165) is 13.1 Å². The molecule has 0 aromatic heterocycles. The molecule has 19 heavy (non-hydrogen) atoms. The van der Waals surface area contributed by atoms with E-state index in [1.807, 2.05) is 0 Å². The second-order valence-electron chi connectivity index (χ2n) is 5.43. The first-order valence-corrected chi connectivity index (χ1v) is 6.92. The summed E-state index contributed by atoms with van der Waals surface area (Å²) in [7, 11) is 0.